The fourth-order valence-corrected chi connectivity index (χ4v) is 8.14. The Bertz CT molecular complexity index is 979. The average molecular weight is 493 g/mol. The van der Waals surface area contributed by atoms with Crippen LogP contribution in [0, 0.1) is 23.2 Å². The van der Waals surface area contributed by atoms with Crippen molar-refractivity contribution in [1.29, 1.82) is 0 Å². The van der Waals surface area contributed by atoms with Crippen LogP contribution in [0.25, 0.3) is 0 Å². The van der Waals surface area contributed by atoms with E-state index in [1.54, 1.807) is 20.8 Å². The van der Waals surface area contributed by atoms with Gasteiger partial charge in [0.2, 0.25) is 5.00 Å². The molecule has 6 unspecified atom stereocenters. The highest BCUT2D eigenvalue weighted by molar-refractivity contribution is 7.94. The molecule has 0 amide bonds. The second kappa shape index (κ2) is 9.69. The van der Waals surface area contributed by atoms with Crippen molar-refractivity contribution in [3.63, 3.8) is 0 Å². The molecule has 0 aromatic carbocycles. The molecule has 5 heteroatoms. The molecule has 3 saturated carbocycles. The first-order chi connectivity index (χ1) is 15.6. The molecular formula is C29H45FO3S. The lowest BCUT2D eigenvalue weighted by Crippen LogP contribution is -2.42. The summed E-state index contributed by atoms with van der Waals surface area (Å²) in [4.78, 5) is 0. The van der Waals surface area contributed by atoms with Gasteiger partial charge >= 0.3 is 0 Å². The molecule has 0 aromatic rings. The van der Waals surface area contributed by atoms with Crippen LogP contribution in [0.2, 0.25) is 0 Å². The summed E-state index contributed by atoms with van der Waals surface area (Å²) in [5.41, 5.74) is 3.93. The molecule has 6 atom stereocenters. The molecular weight excluding hydrogens is 447 g/mol. The van der Waals surface area contributed by atoms with E-state index >= 15 is 4.39 Å². The van der Waals surface area contributed by atoms with E-state index in [0.29, 0.717) is 18.3 Å². The van der Waals surface area contributed by atoms with E-state index in [4.69, 9.17) is 0 Å². The van der Waals surface area contributed by atoms with Crippen LogP contribution in [0.15, 0.2) is 47.6 Å². The van der Waals surface area contributed by atoms with Crippen LogP contribution < -0.4 is 0 Å². The standard InChI is InChI=1S/C29H45FO3S/c1-20-10-13-24(31)19-23(20)12-11-22-9-8-17-28(6)25(14-15-26(22)28)21(2)16-18-29(7,30)34(32,33)27(3,4)5/h11-12,16,18,21,24-26,31H,1,8-10,13-15,17,19H2,2-7H3. The van der Waals surface area contributed by atoms with Gasteiger partial charge in [0.15, 0.2) is 9.84 Å². The van der Waals surface area contributed by atoms with E-state index in [1.165, 1.54) is 24.1 Å². The Morgan fingerprint density at radius 1 is 1.15 bits per heavy atom. The van der Waals surface area contributed by atoms with Crippen molar-refractivity contribution >= 4 is 9.84 Å². The van der Waals surface area contributed by atoms with Crippen LogP contribution in [0.5, 0.6) is 0 Å². The minimum absolute atomic E-state index is 0.103. The van der Waals surface area contributed by atoms with Crippen molar-refractivity contribution in [2.45, 2.75) is 109 Å². The Labute approximate surface area is 207 Å². The summed E-state index contributed by atoms with van der Waals surface area (Å²) in [7, 11) is -3.96. The molecule has 1 N–H and O–H groups in total. The summed E-state index contributed by atoms with van der Waals surface area (Å²) in [6, 6.07) is 0. The Hall–Kier alpha value is -1.20. The summed E-state index contributed by atoms with van der Waals surface area (Å²) >= 11 is 0. The predicted molar refractivity (Wildman–Crippen MR) is 140 cm³/mol. The number of aliphatic hydroxyl groups is 1. The van der Waals surface area contributed by atoms with Gasteiger partial charge in [0.25, 0.3) is 0 Å². The molecule has 3 aliphatic carbocycles. The summed E-state index contributed by atoms with van der Waals surface area (Å²) in [5, 5.41) is 7.67. The second-order valence-electron chi connectivity index (χ2n) is 12.3. The van der Waals surface area contributed by atoms with Gasteiger partial charge in [0.1, 0.15) is 0 Å². The SMILES string of the molecule is C=C1CCC(O)CC1=CC=C1CCCC2(C)C1CCC2C(C)C=CC(C)(F)S(=O)(=O)C(C)(C)C. The lowest BCUT2D eigenvalue weighted by Gasteiger charge is -2.44. The second-order valence-corrected chi connectivity index (χ2v) is 15.4. The van der Waals surface area contributed by atoms with E-state index < -0.39 is 19.6 Å². The molecule has 0 heterocycles. The van der Waals surface area contributed by atoms with Gasteiger partial charge in [-0.2, -0.15) is 0 Å². The Kier molecular flexibility index (Phi) is 7.80. The number of aliphatic hydroxyl groups excluding tert-OH is 1. The van der Waals surface area contributed by atoms with Gasteiger partial charge in [-0.3, -0.25) is 0 Å². The molecule has 0 radical (unpaired) electrons. The minimum atomic E-state index is -3.96. The summed E-state index contributed by atoms with van der Waals surface area (Å²) in [6.07, 6.45) is 15.2. The number of hydrogen-bond acceptors (Lipinski definition) is 3. The fraction of sp³-hybridized carbons (Fsp3) is 0.724. The van der Waals surface area contributed by atoms with Crippen LogP contribution in [0.4, 0.5) is 4.39 Å². The van der Waals surface area contributed by atoms with E-state index in [1.807, 2.05) is 6.08 Å². The van der Waals surface area contributed by atoms with Gasteiger partial charge in [0.05, 0.1) is 10.9 Å². The van der Waals surface area contributed by atoms with Gasteiger partial charge in [-0.1, -0.05) is 49.8 Å². The zero-order valence-corrected chi connectivity index (χ0v) is 22.8. The Morgan fingerprint density at radius 3 is 2.47 bits per heavy atom. The van der Waals surface area contributed by atoms with Crippen molar-refractivity contribution < 1.29 is 17.9 Å². The van der Waals surface area contributed by atoms with Crippen LogP contribution in [0.3, 0.4) is 0 Å². The molecule has 34 heavy (non-hydrogen) atoms. The highest BCUT2D eigenvalue weighted by Gasteiger charge is 2.51. The number of sulfone groups is 1. The number of hydrogen-bond donors (Lipinski definition) is 1. The van der Waals surface area contributed by atoms with Crippen LogP contribution in [-0.4, -0.2) is 29.4 Å². The molecule has 3 rings (SSSR count). The Balaban J connectivity index is 1.79. The number of alkyl halides is 1. The Morgan fingerprint density at radius 2 is 1.82 bits per heavy atom. The summed E-state index contributed by atoms with van der Waals surface area (Å²) in [5.74, 6) is 0.992. The van der Waals surface area contributed by atoms with Crippen LogP contribution in [-0.2, 0) is 9.84 Å². The highest BCUT2D eigenvalue weighted by Crippen LogP contribution is 2.59. The normalized spacial score (nSPS) is 36.1. The molecule has 3 aliphatic rings. The van der Waals surface area contributed by atoms with Crippen molar-refractivity contribution in [3.8, 4) is 0 Å². The molecule has 3 nitrogen and oxygen atoms in total. The van der Waals surface area contributed by atoms with Gasteiger partial charge in [-0.15, -0.1) is 0 Å². The number of rotatable bonds is 5. The van der Waals surface area contributed by atoms with Crippen LogP contribution >= 0.6 is 0 Å². The molecule has 0 aliphatic heterocycles. The highest BCUT2D eigenvalue weighted by atomic mass is 32.2. The fourth-order valence-electron chi connectivity index (χ4n) is 6.68. The minimum Gasteiger partial charge on any atom is -0.393 e. The third-order valence-corrected chi connectivity index (χ3v) is 11.7. The van der Waals surface area contributed by atoms with E-state index in [9.17, 15) is 13.5 Å². The quantitative estimate of drug-likeness (QED) is 0.411. The molecule has 0 saturated heterocycles. The van der Waals surface area contributed by atoms with E-state index in [0.717, 1.165) is 50.5 Å². The predicted octanol–water partition coefficient (Wildman–Crippen LogP) is 7.25. The van der Waals surface area contributed by atoms with E-state index in [-0.39, 0.29) is 17.4 Å². The molecule has 3 fully saturated rings. The lowest BCUT2D eigenvalue weighted by molar-refractivity contribution is 0.112. The maximum absolute atomic E-state index is 15.3. The summed E-state index contributed by atoms with van der Waals surface area (Å²) < 4.78 is 39.6. The number of halogens is 1. The van der Waals surface area contributed by atoms with Crippen molar-refractivity contribution in [1.82, 2.24) is 0 Å². The largest absolute Gasteiger partial charge is 0.393 e. The first kappa shape index (κ1) is 27.4. The van der Waals surface area contributed by atoms with Crippen molar-refractivity contribution in [3.05, 3.63) is 47.6 Å². The topological polar surface area (TPSA) is 54.4 Å². The summed E-state index contributed by atoms with van der Waals surface area (Å²) in [6.45, 7) is 14.5. The first-order valence-corrected chi connectivity index (χ1v) is 14.5. The van der Waals surface area contributed by atoms with Gasteiger partial charge < -0.3 is 5.11 Å². The third-order valence-electron chi connectivity index (χ3n) is 8.89. The monoisotopic (exact) mass is 492 g/mol. The van der Waals surface area contributed by atoms with E-state index in [2.05, 4.69) is 32.6 Å². The lowest BCUT2D eigenvalue weighted by atomic mass is 9.61. The first-order valence-electron chi connectivity index (χ1n) is 13.0. The average Bonchev–Trinajstić information content (AvgIpc) is 3.09. The van der Waals surface area contributed by atoms with Gasteiger partial charge in [-0.05, 0) is 114 Å². The van der Waals surface area contributed by atoms with Gasteiger partial charge in [-0.25, -0.2) is 12.8 Å². The number of allylic oxidation sites excluding steroid dienone is 5. The van der Waals surface area contributed by atoms with Crippen LogP contribution in [0.1, 0.15) is 92.9 Å². The third kappa shape index (κ3) is 5.16. The zero-order chi connectivity index (χ0) is 25.5. The molecule has 192 valence electrons. The van der Waals surface area contributed by atoms with Crippen molar-refractivity contribution in [2.75, 3.05) is 0 Å². The van der Waals surface area contributed by atoms with Crippen molar-refractivity contribution in [2.24, 2.45) is 23.2 Å². The zero-order valence-electron chi connectivity index (χ0n) is 22.0. The maximum atomic E-state index is 15.3. The number of fused-ring (bicyclic) bond motifs is 1. The molecule has 0 spiro atoms. The smallest absolute Gasteiger partial charge is 0.226 e. The molecule has 0 bridgehead atoms. The molecule has 0 aromatic heterocycles. The van der Waals surface area contributed by atoms with Gasteiger partial charge in [0, 0.05) is 0 Å². The maximum Gasteiger partial charge on any atom is 0.226 e.